The van der Waals surface area contributed by atoms with E-state index in [-0.39, 0.29) is 6.10 Å². The third-order valence-electron chi connectivity index (χ3n) is 2.23. The van der Waals surface area contributed by atoms with Gasteiger partial charge in [0.25, 0.3) is 0 Å². The smallest absolute Gasteiger partial charge is 0.138 e. The highest BCUT2D eigenvalue weighted by Gasteiger charge is 2.22. The first kappa shape index (κ1) is 10.5. The molecule has 1 aliphatic rings. The number of nitrogens with one attached hydrogen (secondary N) is 1. The number of nitrogens with zero attached hydrogens (tertiary/aromatic N) is 1. The molecule has 0 saturated carbocycles. The molecule has 1 rings (SSSR count). The Morgan fingerprint density at radius 3 is 2.54 bits per heavy atom. The highest BCUT2D eigenvalue weighted by molar-refractivity contribution is 5.83. The van der Waals surface area contributed by atoms with Crippen LogP contribution >= 0.6 is 0 Å². The van der Waals surface area contributed by atoms with Crippen LogP contribution in [0.15, 0.2) is 0 Å². The Hall–Kier alpha value is -0.610. The molecule has 1 saturated heterocycles. The lowest BCUT2D eigenvalue weighted by atomic mass is 10.3. The first-order valence-corrected chi connectivity index (χ1v) is 4.82. The Bertz CT molecular complexity index is 163. The number of rotatable bonds is 3. The van der Waals surface area contributed by atoms with Crippen molar-refractivity contribution < 1.29 is 9.47 Å². The topological polar surface area (TPSA) is 45.6 Å². The maximum absolute atomic E-state index is 7.86. The van der Waals surface area contributed by atoms with Crippen LogP contribution < -0.4 is 0 Å². The van der Waals surface area contributed by atoms with Gasteiger partial charge in [0.15, 0.2) is 0 Å². The molecule has 0 bridgehead atoms. The van der Waals surface area contributed by atoms with Crippen molar-refractivity contribution in [3.63, 3.8) is 0 Å². The third kappa shape index (κ3) is 2.67. The second-order valence-electron chi connectivity index (χ2n) is 2.99. The molecule has 1 unspecified atom stereocenters. The average molecular weight is 186 g/mol. The van der Waals surface area contributed by atoms with Crippen LogP contribution in [0.2, 0.25) is 0 Å². The fraction of sp³-hybridized carbons (Fsp3) is 0.889. The zero-order valence-electron chi connectivity index (χ0n) is 8.38. The fourth-order valence-electron chi connectivity index (χ4n) is 1.41. The highest BCUT2D eigenvalue weighted by Crippen LogP contribution is 2.05. The summed E-state index contributed by atoms with van der Waals surface area (Å²) in [5.74, 6) is 0.546. The lowest BCUT2D eigenvalue weighted by Crippen LogP contribution is -2.44. The zero-order chi connectivity index (χ0) is 9.68. The summed E-state index contributed by atoms with van der Waals surface area (Å²) in [4.78, 5) is 1.99. The van der Waals surface area contributed by atoms with Gasteiger partial charge >= 0.3 is 0 Å². The molecule has 0 aromatic rings. The van der Waals surface area contributed by atoms with Crippen LogP contribution in [0.4, 0.5) is 0 Å². The van der Waals surface area contributed by atoms with E-state index in [4.69, 9.17) is 14.9 Å². The molecule has 4 heteroatoms. The van der Waals surface area contributed by atoms with E-state index in [1.807, 2.05) is 18.7 Å². The molecule has 0 amide bonds. The predicted molar refractivity (Wildman–Crippen MR) is 51.2 cm³/mol. The summed E-state index contributed by atoms with van der Waals surface area (Å²) in [6.07, 6.45) is -0.159. The predicted octanol–water partition coefficient (Wildman–Crippen LogP) is 0.721. The molecule has 1 fully saturated rings. The van der Waals surface area contributed by atoms with Crippen LogP contribution in [0.25, 0.3) is 0 Å². The van der Waals surface area contributed by atoms with Crippen LogP contribution in [0.1, 0.15) is 13.8 Å². The van der Waals surface area contributed by atoms with Crippen molar-refractivity contribution in [1.82, 2.24) is 4.90 Å². The van der Waals surface area contributed by atoms with E-state index in [1.165, 1.54) is 0 Å². The molecule has 0 aromatic heterocycles. The van der Waals surface area contributed by atoms with E-state index < -0.39 is 0 Å². The molecular formula is C9H18N2O2. The molecule has 0 aromatic carbocycles. The minimum absolute atomic E-state index is 0.159. The molecule has 0 aliphatic carbocycles. The number of hydrogen-bond donors (Lipinski definition) is 1. The van der Waals surface area contributed by atoms with Gasteiger partial charge in [0.05, 0.1) is 19.8 Å². The van der Waals surface area contributed by atoms with E-state index in [9.17, 15) is 0 Å². The normalized spacial score (nSPS) is 22.8. The van der Waals surface area contributed by atoms with Crippen LogP contribution in [0.3, 0.4) is 0 Å². The fourth-order valence-corrected chi connectivity index (χ4v) is 1.41. The van der Waals surface area contributed by atoms with Gasteiger partial charge in [0, 0.05) is 13.1 Å². The van der Waals surface area contributed by atoms with Crippen LogP contribution in [0.5, 0.6) is 0 Å². The molecule has 1 aliphatic heterocycles. The Morgan fingerprint density at radius 1 is 1.38 bits per heavy atom. The maximum atomic E-state index is 7.86. The Morgan fingerprint density at radius 2 is 2.08 bits per heavy atom. The first-order valence-electron chi connectivity index (χ1n) is 4.82. The summed E-state index contributed by atoms with van der Waals surface area (Å²) < 4.78 is 10.7. The van der Waals surface area contributed by atoms with Crippen molar-refractivity contribution in [2.45, 2.75) is 20.0 Å². The SMILES string of the molecule is CCN(CC)C(=N)C1COCCO1. The molecule has 1 heterocycles. The van der Waals surface area contributed by atoms with Crippen LogP contribution in [-0.2, 0) is 9.47 Å². The lowest BCUT2D eigenvalue weighted by molar-refractivity contribution is -0.0634. The second kappa shape index (κ2) is 5.19. The Kier molecular flexibility index (Phi) is 4.18. The molecule has 0 radical (unpaired) electrons. The first-order chi connectivity index (χ1) is 6.29. The van der Waals surface area contributed by atoms with Gasteiger partial charge in [0.2, 0.25) is 0 Å². The van der Waals surface area contributed by atoms with E-state index in [1.54, 1.807) is 0 Å². The standard InChI is InChI=1S/C9H18N2O2/c1-3-11(4-2)9(10)8-7-12-5-6-13-8/h8,10H,3-7H2,1-2H3. The molecule has 0 spiro atoms. The maximum Gasteiger partial charge on any atom is 0.138 e. The Balaban J connectivity index is 2.44. The van der Waals surface area contributed by atoms with Gasteiger partial charge in [-0.25, -0.2) is 0 Å². The van der Waals surface area contributed by atoms with Gasteiger partial charge in [-0.15, -0.1) is 0 Å². The largest absolute Gasteiger partial charge is 0.376 e. The van der Waals surface area contributed by atoms with Crippen molar-refractivity contribution >= 4 is 5.84 Å². The van der Waals surface area contributed by atoms with Crippen molar-refractivity contribution in [2.75, 3.05) is 32.9 Å². The molecule has 76 valence electrons. The monoisotopic (exact) mass is 186 g/mol. The van der Waals surface area contributed by atoms with Gasteiger partial charge in [-0.1, -0.05) is 0 Å². The summed E-state index contributed by atoms with van der Waals surface area (Å²) in [5, 5.41) is 7.86. The summed E-state index contributed by atoms with van der Waals surface area (Å²) in [7, 11) is 0. The van der Waals surface area contributed by atoms with Crippen molar-refractivity contribution in [3.05, 3.63) is 0 Å². The van der Waals surface area contributed by atoms with Crippen molar-refractivity contribution in [2.24, 2.45) is 0 Å². The number of amidine groups is 1. The Labute approximate surface area is 79.3 Å². The zero-order valence-corrected chi connectivity index (χ0v) is 8.38. The molecule has 4 nitrogen and oxygen atoms in total. The summed E-state index contributed by atoms with van der Waals surface area (Å²) in [5.41, 5.74) is 0. The quantitative estimate of drug-likeness (QED) is 0.522. The van der Waals surface area contributed by atoms with Crippen LogP contribution in [0, 0.1) is 5.41 Å². The average Bonchev–Trinajstić information content (AvgIpc) is 2.21. The molecular weight excluding hydrogens is 168 g/mol. The minimum Gasteiger partial charge on any atom is -0.376 e. The van der Waals surface area contributed by atoms with Crippen molar-refractivity contribution in [3.8, 4) is 0 Å². The number of likely N-dealkylation sites (N-methyl/N-ethyl adjacent to an activating group) is 1. The lowest BCUT2D eigenvalue weighted by Gasteiger charge is -2.30. The van der Waals surface area contributed by atoms with E-state index >= 15 is 0 Å². The van der Waals surface area contributed by atoms with Crippen molar-refractivity contribution in [1.29, 1.82) is 5.41 Å². The van der Waals surface area contributed by atoms with Gasteiger partial charge in [-0.05, 0) is 13.8 Å². The van der Waals surface area contributed by atoms with E-state index in [0.717, 1.165) is 13.1 Å². The van der Waals surface area contributed by atoms with Gasteiger partial charge in [-0.2, -0.15) is 0 Å². The third-order valence-corrected chi connectivity index (χ3v) is 2.23. The van der Waals surface area contributed by atoms with Gasteiger partial charge in [0.1, 0.15) is 11.9 Å². The van der Waals surface area contributed by atoms with E-state index in [0.29, 0.717) is 25.7 Å². The minimum atomic E-state index is -0.159. The van der Waals surface area contributed by atoms with Crippen LogP contribution in [-0.4, -0.2) is 49.7 Å². The molecule has 13 heavy (non-hydrogen) atoms. The molecule has 1 atom stereocenters. The second-order valence-corrected chi connectivity index (χ2v) is 2.99. The summed E-state index contributed by atoms with van der Waals surface area (Å²) >= 11 is 0. The highest BCUT2D eigenvalue weighted by atomic mass is 16.6. The van der Waals surface area contributed by atoms with Gasteiger partial charge in [-0.3, -0.25) is 5.41 Å². The number of hydrogen-bond acceptors (Lipinski definition) is 3. The van der Waals surface area contributed by atoms with E-state index in [2.05, 4.69) is 0 Å². The summed E-state index contributed by atoms with van der Waals surface area (Å²) in [6, 6.07) is 0. The van der Waals surface area contributed by atoms with Gasteiger partial charge < -0.3 is 14.4 Å². The molecule has 1 N–H and O–H groups in total. The number of ether oxygens (including phenoxy) is 2. The summed E-state index contributed by atoms with van der Waals surface area (Å²) in [6.45, 7) is 7.58.